The van der Waals surface area contributed by atoms with Gasteiger partial charge in [-0.25, -0.2) is 15.0 Å². The maximum atomic E-state index is 4.86. The van der Waals surface area contributed by atoms with E-state index in [1.165, 1.54) is 30.4 Å². The highest BCUT2D eigenvalue weighted by molar-refractivity contribution is 5.75. The number of hydrogen-bond donors (Lipinski definition) is 1. The van der Waals surface area contributed by atoms with Crippen molar-refractivity contribution in [1.29, 1.82) is 0 Å². The minimum absolute atomic E-state index is 0.343. The van der Waals surface area contributed by atoms with Crippen LogP contribution in [0.3, 0.4) is 0 Å². The molecule has 2 aliphatic rings. The van der Waals surface area contributed by atoms with Crippen molar-refractivity contribution in [2.24, 2.45) is 0 Å². The molecule has 0 bridgehead atoms. The Bertz CT molecular complexity index is 925. The van der Waals surface area contributed by atoms with Crippen LogP contribution in [0.25, 0.3) is 11.0 Å². The minimum Gasteiger partial charge on any atom is -0.341 e. The lowest BCUT2D eigenvalue weighted by molar-refractivity contribution is 0.240. The lowest BCUT2D eigenvalue weighted by Crippen LogP contribution is -2.24. The van der Waals surface area contributed by atoms with E-state index in [0.29, 0.717) is 6.04 Å². The highest BCUT2D eigenvalue weighted by atomic mass is 15.3. The van der Waals surface area contributed by atoms with Crippen molar-refractivity contribution in [3.05, 3.63) is 47.5 Å². The van der Waals surface area contributed by atoms with Gasteiger partial charge in [0.05, 0.1) is 17.1 Å². The molecule has 0 saturated carbocycles. The number of aromatic amines is 1. The van der Waals surface area contributed by atoms with Gasteiger partial charge in [0, 0.05) is 37.6 Å². The summed E-state index contributed by atoms with van der Waals surface area (Å²) >= 11 is 0. The number of rotatable bonds is 4. The van der Waals surface area contributed by atoms with Crippen LogP contribution in [0, 0.1) is 6.92 Å². The van der Waals surface area contributed by atoms with Crippen molar-refractivity contribution in [3.8, 4) is 0 Å². The largest absolute Gasteiger partial charge is 0.341 e. The molecule has 2 aliphatic heterocycles. The van der Waals surface area contributed by atoms with E-state index in [4.69, 9.17) is 4.98 Å². The molecule has 2 fully saturated rings. The number of imidazole rings is 1. The van der Waals surface area contributed by atoms with Crippen LogP contribution in [0.1, 0.15) is 48.7 Å². The Balaban J connectivity index is 1.33. The van der Waals surface area contributed by atoms with Gasteiger partial charge in [0.15, 0.2) is 0 Å². The summed E-state index contributed by atoms with van der Waals surface area (Å²) in [5.74, 6) is 1.96. The molecule has 27 heavy (non-hydrogen) atoms. The van der Waals surface area contributed by atoms with E-state index in [-0.39, 0.29) is 0 Å². The summed E-state index contributed by atoms with van der Waals surface area (Å²) < 4.78 is 0. The van der Waals surface area contributed by atoms with Crippen molar-refractivity contribution >= 4 is 17.0 Å². The molecule has 2 saturated heterocycles. The minimum atomic E-state index is 0.343. The molecule has 0 spiro atoms. The fourth-order valence-corrected chi connectivity index (χ4v) is 4.37. The Morgan fingerprint density at radius 2 is 1.89 bits per heavy atom. The first-order valence-electron chi connectivity index (χ1n) is 10.0. The number of likely N-dealkylation sites (tertiary alicyclic amines) is 1. The zero-order chi connectivity index (χ0) is 18.2. The third kappa shape index (κ3) is 3.30. The Morgan fingerprint density at radius 1 is 1.07 bits per heavy atom. The number of H-pyrrole nitrogens is 1. The van der Waals surface area contributed by atoms with Crippen molar-refractivity contribution in [2.45, 2.75) is 45.2 Å². The van der Waals surface area contributed by atoms with Crippen LogP contribution >= 0.6 is 0 Å². The number of nitrogens with one attached hydrogen (secondary N) is 1. The predicted octanol–water partition coefficient (Wildman–Crippen LogP) is 3.60. The monoisotopic (exact) mass is 362 g/mol. The number of fused-ring (bicyclic) bond motifs is 1. The Hall–Kier alpha value is -2.47. The quantitative estimate of drug-likeness (QED) is 0.768. The van der Waals surface area contributed by atoms with Gasteiger partial charge < -0.3 is 9.88 Å². The smallest absolute Gasteiger partial charge is 0.225 e. The van der Waals surface area contributed by atoms with E-state index >= 15 is 0 Å². The lowest BCUT2D eigenvalue weighted by atomic mass is 10.2. The van der Waals surface area contributed by atoms with E-state index < -0.39 is 0 Å². The molecule has 0 radical (unpaired) electrons. The van der Waals surface area contributed by atoms with Gasteiger partial charge >= 0.3 is 0 Å². The number of aromatic nitrogens is 4. The summed E-state index contributed by atoms with van der Waals surface area (Å²) in [6.07, 6.45) is 8.84. The molecule has 1 aromatic carbocycles. The standard InChI is InChI=1S/C21H26N6/c1-15-6-7-17-18(11-15)25-20(24-17)19-5-4-10-27(19)14-16-12-22-21(23-13-16)26-8-2-3-9-26/h6-7,11-13,19H,2-5,8-10,14H2,1H3,(H,24,25)/t19-/m0/s1. The van der Waals surface area contributed by atoms with E-state index in [9.17, 15) is 0 Å². The summed E-state index contributed by atoms with van der Waals surface area (Å²) in [5, 5.41) is 0. The summed E-state index contributed by atoms with van der Waals surface area (Å²) in [6.45, 7) is 6.25. The molecule has 6 nitrogen and oxygen atoms in total. The van der Waals surface area contributed by atoms with Crippen molar-refractivity contribution < 1.29 is 0 Å². The van der Waals surface area contributed by atoms with Crippen LogP contribution in [0.15, 0.2) is 30.6 Å². The van der Waals surface area contributed by atoms with Crippen LogP contribution in [0.4, 0.5) is 5.95 Å². The van der Waals surface area contributed by atoms with Gasteiger partial charge in [-0.15, -0.1) is 0 Å². The highest BCUT2D eigenvalue weighted by Gasteiger charge is 2.28. The van der Waals surface area contributed by atoms with Crippen molar-refractivity contribution in [2.75, 3.05) is 24.5 Å². The van der Waals surface area contributed by atoms with Gasteiger partial charge in [-0.2, -0.15) is 0 Å². The summed E-state index contributed by atoms with van der Waals surface area (Å²) in [7, 11) is 0. The summed E-state index contributed by atoms with van der Waals surface area (Å²) in [4.78, 5) is 22.4. The van der Waals surface area contributed by atoms with Crippen LogP contribution in [0.2, 0.25) is 0 Å². The second-order valence-corrected chi connectivity index (χ2v) is 7.86. The molecular weight excluding hydrogens is 336 g/mol. The molecule has 1 N–H and O–H groups in total. The molecule has 4 heterocycles. The fraction of sp³-hybridized carbons (Fsp3) is 0.476. The molecular formula is C21H26N6. The number of aryl methyl sites for hydroxylation is 1. The molecule has 3 aromatic rings. The first-order valence-corrected chi connectivity index (χ1v) is 10.0. The Morgan fingerprint density at radius 3 is 2.70 bits per heavy atom. The topological polar surface area (TPSA) is 60.9 Å². The van der Waals surface area contributed by atoms with Crippen LogP contribution in [-0.2, 0) is 6.54 Å². The average Bonchev–Trinajstić information content (AvgIpc) is 3.42. The Kier molecular flexibility index (Phi) is 4.28. The normalized spacial score (nSPS) is 20.8. The number of anilines is 1. The van der Waals surface area contributed by atoms with Gasteiger partial charge in [-0.3, -0.25) is 4.90 Å². The third-order valence-corrected chi connectivity index (χ3v) is 5.80. The van der Waals surface area contributed by atoms with Crippen LogP contribution in [-0.4, -0.2) is 44.5 Å². The zero-order valence-corrected chi connectivity index (χ0v) is 15.9. The zero-order valence-electron chi connectivity index (χ0n) is 15.9. The Labute approximate surface area is 159 Å². The molecule has 0 unspecified atom stereocenters. The maximum Gasteiger partial charge on any atom is 0.225 e. The van der Waals surface area contributed by atoms with Crippen LogP contribution in [0.5, 0.6) is 0 Å². The summed E-state index contributed by atoms with van der Waals surface area (Å²) in [6, 6.07) is 6.75. The van der Waals surface area contributed by atoms with Gasteiger partial charge in [0.2, 0.25) is 5.95 Å². The van der Waals surface area contributed by atoms with E-state index in [0.717, 1.165) is 55.4 Å². The van der Waals surface area contributed by atoms with Crippen molar-refractivity contribution in [3.63, 3.8) is 0 Å². The van der Waals surface area contributed by atoms with Gasteiger partial charge in [-0.1, -0.05) is 6.07 Å². The first kappa shape index (κ1) is 16.7. The van der Waals surface area contributed by atoms with E-state index in [2.05, 4.69) is 49.9 Å². The second-order valence-electron chi connectivity index (χ2n) is 7.86. The molecule has 5 rings (SSSR count). The molecule has 0 aliphatic carbocycles. The van der Waals surface area contributed by atoms with Gasteiger partial charge in [-0.05, 0) is 56.8 Å². The number of hydrogen-bond acceptors (Lipinski definition) is 5. The van der Waals surface area contributed by atoms with Crippen molar-refractivity contribution in [1.82, 2.24) is 24.8 Å². The molecule has 0 amide bonds. The first-order chi connectivity index (χ1) is 13.3. The molecule has 6 heteroatoms. The number of benzene rings is 1. The highest BCUT2D eigenvalue weighted by Crippen LogP contribution is 2.32. The lowest BCUT2D eigenvalue weighted by Gasteiger charge is -2.23. The molecule has 2 aromatic heterocycles. The van der Waals surface area contributed by atoms with Crippen LogP contribution < -0.4 is 4.90 Å². The second kappa shape index (κ2) is 6.93. The molecule has 1 atom stereocenters. The fourth-order valence-electron chi connectivity index (χ4n) is 4.37. The summed E-state index contributed by atoms with van der Waals surface area (Å²) in [5.41, 5.74) is 4.63. The van der Waals surface area contributed by atoms with E-state index in [1.807, 2.05) is 12.4 Å². The predicted molar refractivity (Wildman–Crippen MR) is 107 cm³/mol. The average molecular weight is 362 g/mol. The molecule has 140 valence electrons. The number of nitrogens with zero attached hydrogens (tertiary/aromatic N) is 5. The van der Waals surface area contributed by atoms with Gasteiger partial charge in [0.1, 0.15) is 5.82 Å². The third-order valence-electron chi connectivity index (χ3n) is 5.80. The SMILES string of the molecule is Cc1ccc2nc([C@@H]3CCCN3Cc3cnc(N4CCCC4)nc3)[nH]c2c1. The van der Waals surface area contributed by atoms with E-state index in [1.54, 1.807) is 0 Å². The van der Waals surface area contributed by atoms with Gasteiger partial charge in [0.25, 0.3) is 0 Å². The maximum absolute atomic E-state index is 4.86.